The zero-order valence-electron chi connectivity index (χ0n) is 10.8. The van der Waals surface area contributed by atoms with E-state index in [0.717, 1.165) is 13.1 Å². The summed E-state index contributed by atoms with van der Waals surface area (Å²) in [6.07, 6.45) is 7.75. The van der Waals surface area contributed by atoms with E-state index in [9.17, 15) is 4.79 Å². The Hall–Kier alpha value is -0.610. The summed E-state index contributed by atoms with van der Waals surface area (Å²) in [6, 6.07) is -0.487. The van der Waals surface area contributed by atoms with Gasteiger partial charge < -0.3 is 15.4 Å². The molecule has 4 nitrogen and oxygen atoms in total. The lowest BCUT2D eigenvalue weighted by atomic mass is 9.73. The van der Waals surface area contributed by atoms with Crippen molar-refractivity contribution in [2.45, 2.75) is 44.6 Å². The SMILES string of the molecule is COCC(N)C(=O)N1CCC2(CCCCC2)C1. The van der Waals surface area contributed by atoms with Crippen molar-refractivity contribution in [1.29, 1.82) is 0 Å². The van der Waals surface area contributed by atoms with Crippen LogP contribution in [0.1, 0.15) is 38.5 Å². The minimum Gasteiger partial charge on any atom is -0.383 e. The van der Waals surface area contributed by atoms with Crippen LogP contribution in [0.5, 0.6) is 0 Å². The Morgan fingerprint density at radius 1 is 1.35 bits per heavy atom. The smallest absolute Gasteiger partial charge is 0.241 e. The van der Waals surface area contributed by atoms with E-state index in [0.29, 0.717) is 12.0 Å². The number of hydrogen-bond acceptors (Lipinski definition) is 3. The van der Waals surface area contributed by atoms with Crippen molar-refractivity contribution in [3.63, 3.8) is 0 Å². The maximum Gasteiger partial charge on any atom is 0.241 e. The van der Waals surface area contributed by atoms with Crippen molar-refractivity contribution in [1.82, 2.24) is 4.90 Å². The molecule has 1 aliphatic heterocycles. The predicted octanol–water partition coefficient (Wildman–Crippen LogP) is 1.14. The fraction of sp³-hybridized carbons (Fsp3) is 0.923. The second-order valence-electron chi connectivity index (χ2n) is 5.63. The number of nitrogens with zero attached hydrogens (tertiary/aromatic N) is 1. The molecule has 1 heterocycles. The molecule has 1 saturated carbocycles. The van der Waals surface area contributed by atoms with Crippen LogP contribution in [0.3, 0.4) is 0 Å². The van der Waals surface area contributed by atoms with E-state index in [1.54, 1.807) is 7.11 Å². The Balaban J connectivity index is 1.90. The highest BCUT2D eigenvalue weighted by atomic mass is 16.5. The maximum absolute atomic E-state index is 12.1. The highest BCUT2D eigenvalue weighted by molar-refractivity contribution is 5.82. The second kappa shape index (κ2) is 5.36. The molecule has 1 atom stereocenters. The minimum absolute atomic E-state index is 0.0642. The number of amides is 1. The van der Waals surface area contributed by atoms with Gasteiger partial charge in [-0.2, -0.15) is 0 Å². The van der Waals surface area contributed by atoms with Crippen LogP contribution in [-0.2, 0) is 9.53 Å². The van der Waals surface area contributed by atoms with E-state index in [-0.39, 0.29) is 5.91 Å². The first kappa shape index (κ1) is 12.8. The fourth-order valence-electron chi connectivity index (χ4n) is 3.32. The van der Waals surface area contributed by atoms with Crippen molar-refractivity contribution in [3.05, 3.63) is 0 Å². The van der Waals surface area contributed by atoms with Crippen LogP contribution in [0.15, 0.2) is 0 Å². The molecule has 2 rings (SSSR count). The minimum atomic E-state index is -0.487. The van der Waals surface area contributed by atoms with Crippen LogP contribution in [-0.4, -0.2) is 43.7 Å². The molecule has 98 valence electrons. The number of nitrogens with two attached hydrogens (primary N) is 1. The Kier molecular flexibility index (Phi) is 4.05. The summed E-state index contributed by atoms with van der Waals surface area (Å²) < 4.78 is 4.95. The maximum atomic E-state index is 12.1. The molecule has 2 fully saturated rings. The average Bonchev–Trinajstić information content (AvgIpc) is 2.73. The molecule has 1 amide bonds. The third kappa shape index (κ3) is 2.80. The summed E-state index contributed by atoms with van der Waals surface area (Å²) >= 11 is 0. The van der Waals surface area contributed by atoms with Gasteiger partial charge in [0.1, 0.15) is 6.04 Å². The zero-order chi connectivity index (χ0) is 12.3. The lowest BCUT2D eigenvalue weighted by Crippen LogP contribution is -2.46. The van der Waals surface area contributed by atoms with E-state index < -0.39 is 6.04 Å². The molecular formula is C13H24N2O2. The van der Waals surface area contributed by atoms with Gasteiger partial charge in [0.15, 0.2) is 0 Å². The second-order valence-corrected chi connectivity index (χ2v) is 5.63. The van der Waals surface area contributed by atoms with E-state index in [4.69, 9.17) is 10.5 Å². The van der Waals surface area contributed by atoms with E-state index in [2.05, 4.69) is 0 Å². The summed E-state index contributed by atoms with van der Waals surface area (Å²) in [5.74, 6) is 0.0642. The highest BCUT2D eigenvalue weighted by Crippen LogP contribution is 2.43. The molecule has 0 aromatic rings. The molecule has 0 radical (unpaired) electrons. The summed E-state index contributed by atoms with van der Waals surface area (Å²) in [5, 5.41) is 0. The highest BCUT2D eigenvalue weighted by Gasteiger charge is 2.41. The van der Waals surface area contributed by atoms with Gasteiger partial charge in [-0.3, -0.25) is 4.79 Å². The van der Waals surface area contributed by atoms with Gasteiger partial charge in [-0.05, 0) is 24.7 Å². The topological polar surface area (TPSA) is 55.6 Å². The van der Waals surface area contributed by atoms with E-state index in [1.807, 2.05) is 4.90 Å². The first-order valence-corrected chi connectivity index (χ1v) is 6.70. The third-order valence-electron chi connectivity index (χ3n) is 4.33. The van der Waals surface area contributed by atoms with Crippen LogP contribution in [0.2, 0.25) is 0 Å². The number of rotatable bonds is 3. The lowest BCUT2D eigenvalue weighted by molar-refractivity contribution is -0.133. The molecule has 1 spiro atoms. The Morgan fingerprint density at radius 3 is 2.71 bits per heavy atom. The molecule has 0 aromatic heterocycles. The van der Waals surface area contributed by atoms with Gasteiger partial charge >= 0.3 is 0 Å². The first-order valence-electron chi connectivity index (χ1n) is 6.70. The monoisotopic (exact) mass is 240 g/mol. The van der Waals surface area contributed by atoms with Gasteiger partial charge in [0.05, 0.1) is 6.61 Å². The number of methoxy groups -OCH3 is 1. The number of carbonyl (C=O) groups excluding carboxylic acids is 1. The summed E-state index contributed by atoms with van der Waals surface area (Å²) in [6.45, 7) is 2.13. The van der Waals surface area contributed by atoms with Crippen molar-refractivity contribution >= 4 is 5.91 Å². The fourth-order valence-corrected chi connectivity index (χ4v) is 3.32. The van der Waals surface area contributed by atoms with Crippen molar-refractivity contribution in [3.8, 4) is 0 Å². The van der Waals surface area contributed by atoms with Crippen LogP contribution in [0.25, 0.3) is 0 Å². The van der Waals surface area contributed by atoms with E-state index >= 15 is 0 Å². The van der Waals surface area contributed by atoms with Gasteiger partial charge in [0.25, 0.3) is 0 Å². The molecule has 0 bridgehead atoms. The average molecular weight is 240 g/mol. The number of ether oxygens (including phenoxy) is 1. The van der Waals surface area contributed by atoms with Crippen molar-refractivity contribution in [2.24, 2.45) is 11.1 Å². The third-order valence-corrected chi connectivity index (χ3v) is 4.33. The van der Waals surface area contributed by atoms with Crippen LogP contribution in [0.4, 0.5) is 0 Å². The number of carbonyl (C=O) groups is 1. The van der Waals surface area contributed by atoms with Gasteiger partial charge in [-0.15, -0.1) is 0 Å². The molecule has 1 unspecified atom stereocenters. The normalized spacial score (nSPS) is 25.2. The van der Waals surface area contributed by atoms with Gasteiger partial charge in [-0.1, -0.05) is 19.3 Å². The molecule has 1 saturated heterocycles. The van der Waals surface area contributed by atoms with Crippen LogP contribution in [0, 0.1) is 5.41 Å². The van der Waals surface area contributed by atoms with Gasteiger partial charge in [0, 0.05) is 20.2 Å². The standard InChI is InChI=1S/C13H24N2O2/c1-17-9-11(14)12(16)15-8-7-13(10-15)5-3-2-4-6-13/h11H,2-10,14H2,1H3. The Bertz CT molecular complexity index is 275. The van der Waals surface area contributed by atoms with Crippen molar-refractivity contribution < 1.29 is 9.53 Å². The van der Waals surface area contributed by atoms with Gasteiger partial charge in [-0.25, -0.2) is 0 Å². The summed E-state index contributed by atoms with van der Waals surface area (Å²) in [5.41, 5.74) is 6.23. The van der Waals surface area contributed by atoms with Gasteiger partial charge in [0.2, 0.25) is 5.91 Å². The Labute approximate surface area is 103 Å². The molecule has 2 N–H and O–H groups in total. The molecule has 17 heavy (non-hydrogen) atoms. The van der Waals surface area contributed by atoms with Crippen LogP contribution >= 0.6 is 0 Å². The number of hydrogen-bond donors (Lipinski definition) is 1. The molecular weight excluding hydrogens is 216 g/mol. The molecule has 1 aliphatic carbocycles. The molecule has 0 aromatic carbocycles. The quantitative estimate of drug-likeness (QED) is 0.805. The number of likely N-dealkylation sites (tertiary alicyclic amines) is 1. The largest absolute Gasteiger partial charge is 0.383 e. The molecule has 2 aliphatic rings. The first-order chi connectivity index (χ1) is 8.17. The predicted molar refractivity (Wildman–Crippen MR) is 66.6 cm³/mol. The van der Waals surface area contributed by atoms with E-state index in [1.165, 1.54) is 38.5 Å². The summed E-state index contributed by atoms with van der Waals surface area (Å²) in [7, 11) is 1.58. The zero-order valence-corrected chi connectivity index (χ0v) is 10.8. The van der Waals surface area contributed by atoms with Crippen LogP contribution < -0.4 is 5.73 Å². The molecule has 4 heteroatoms. The lowest BCUT2D eigenvalue weighted by Gasteiger charge is -2.33. The van der Waals surface area contributed by atoms with Crippen molar-refractivity contribution in [2.75, 3.05) is 26.8 Å². The Morgan fingerprint density at radius 2 is 2.06 bits per heavy atom. The summed E-state index contributed by atoms with van der Waals surface area (Å²) in [4.78, 5) is 14.0.